The lowest BCUT2D eigenvalue weighted by atomic mass is 9.86. The highest BCUT2D eigenvalue weighted by Crippen LogP contribution is 2.44. The summed E-state index contributed by atoms with van der Waals surface area (Å²) in [4.78, 5) is 15.5. The van der Waals surface area contributed by atoms with Crippen LogP contribution in [0.2, 0.25) is 0 Å². The molecule has 1 aliphatic carbocycles. The molecule has 0 spiro atoms. The van der Waals surface area contributed by atoms with E-state index >= 15 is 0 Å². The molecule has 2 unspecified atom stereocenters. The summed E-state index contributed by atoms with van der Waals surface area (Å²) >= 11 is 1.53. The molecule has 5 rings (SSSR count). The molecular weight excluding hydrogens is 370 g/mol. The van der Waals surface area contributed by atoms with Crippen molar-refractivity contribution in [2.24, 2.45) is 10.8 Å². The topological polar surface area (TPSA) is 87.9 Å². The van der Waals surface area contributed by atoms with Crippen LogP contribution in [0.3, 0.4) is 0 Å². The summed E-state index contributed by atoms with van der Waals surface area (Å²) in [6.07, 6.45) is 2.85. The number of hydrogen-bond donors (Lipinski definition) is 2. The highest BCUT2D eigenvalue weighted by atomic mass is 32.1. The number of carbonyl (C=O) groups is 1. The lowest BCUT2D eigenvalue weighted by Gasteiger charge is -2.24. The predicted octanol–water partition coefficient (Wildman–Crippen LogP) is 2.41. The van der Waals surface area contributed by atoms with Crippen molar-refractivity contribution in [1.29, 1.82) is 0 Å². The normalized spacial score (nSPS) is 24.1. The summed E-state index contributed by atoms with van der Waals surface area (Å²) in [5, 5.41) is 7.84. The molecule has 1 amide bonds. The van der Waals surface area contributed by atoms with Crippen molar-refractivity contribution < 1.29 is 4.79 Å². The first kappa shape index (κ1) is 17.7. The first-order valence-electron chi connectivity index (χ1n) is 9.91. The maximum atomic E-state index is 11.8. The van der Waals surface area contributed by atoms with Gasteiger partial charge in [-0.2, -0.15) is 5.10 Å². The maximum Gasteiger partial charge on any atom is 0.251 e. The van der Waals surface area contributed by atoms with Gasteiger partial charge in [-0.15, -0.1) is 11.3 Å². The Hall–Kier alpha value is -2.38. The molecule has 4 N–H and O–H groups in total. The smallest absolute Gasteiger partial charge is 0.251 e. The van der Waals surface area contributed by atoms with Crippen molar-refractivity contribution in [3.05, 3.63) is 51.9 Å². The van der Waals surface area contributed by atoms with Crippen molar-refractivity contribution in [2.45, 2.75) is 37.8 Å². The van der Waals surface area contributed by atoms with Crippen molar-refractivity contribution in [3.63, 3.8) is 0 Å². The standard InChI is InChI=1S/C21H25N5OS/c22-20(27)18-15-6-7-17-16(19(15)28-21(18)23)12-26(24-17)14-8-9-25(11-14)10-13-4-2-1-3-5-13/h1-5,14,16H,6-12,23H2,(H2,22,27). The molecule has 3 heterocycles. The van der Waals surface area contributed by atoms with Crippen LogP contribution in [-0.2, 0) is 13.0 Å². The number of fused-ring (bicyclic) bond motifs is 3. The van der Waals surface area contributed by atoms with E-state index in [1.54, 1.807) is 0 Å². The average molecular weight is 396 g/mol. The lowest BCUT2D eigenvalue weighted by molar-refractivity contribution is 0.100. The number of rotatable bonds is 4. The van der Waals surface area contributed by atoms with E-state index in [1.807, 2.05) is 0 Å². The van der Waals surface area contributed by atoms with Gasteiger partial charge in [-0.1, -0.05) is 30.3 Å². The van der Waals surface area contributed by atoms with Gasteiger partial charge in [0.1, 0.15) is 0 Å². The number of nitrogen functional groups attached to an aromatic ring is 1. The fourth-order valence-corrected chi connectivity index (χ4v) is 6.10. The van der Waals surface area contributed by atoms with Crippen LogP contribution < -0.4 is 11.5 Å². The lowest BCUT2D eigenvalue weighted by Crippen LogP contribution is -2.33. The van der Waals surface area contributed by atoms with Crippen LogP contribution in [0.25, 0.3) is 0 Å². The number of likely N-dealkylation sites (tertiary alicyclic amines) is 1. The van der Waals surface area contributed by atoms with E-state index in [-0.39, 0.29) is 5.92 Å². The van der Waals surface area contributed by atoms with Gasteiger partial charge in [-0.3, -0.25) is 14.7 Å². The Morgan fingerprint density at radius 2 is 2.04 bits per heavy atom. The minimum absolute atomic E-state index is 0.271. The van der Waals surface area contributed by atoms with Crippen LogP contribution in [0.5, 0.6) is 0 Å². The summed E-state index contributed by atoms with van der Waals surface area (Å²) < 4.78 is 0. The van der Waals surface area contributed by atoms with Gasteiger partial charge in [-0.05, 0) is 30.4 Å². The summed E-state index contributed by atoms with van der Waals surface area (Å²) in [5.41, 5.74) is 15.9. The van der Waals surface area contributed by atoms with E-state index in [1.165, 1.54) is 27.5 Å². The van der Waals surface area contributed by atoms with E-state index in [0.29, 0.717) is 16.6 Å². The molecule has 2 atom stereocenters. The molecule has 1 aromatic carbocycles. The Morgan fingerprint density at radius 1 is 1.21 bits per heavy atom. The molecule has 7 heteroatoms. The van der Waals surface area contributed by atoms with Gasteiger partial charge >= 0.3 is 0 Å². The molecular formula is C21H25N5OS. The summed E-state index contributed by atoms with van der Waals surface area (Å²) in [7, 11) is 0. The van der Waals surface area contributed by atoms with E-state index in [2.05, 4.69) is 40.2 Å². The van der Waals surface area contributed by atoms with Gasteiger partial charge in [-0.25, -0.2) is 0 Å². The Balaban J connectivity index is 1.29. The second kappa shape index (κ2) is 6.90. The Labute approximate surface area is 168 Å². The van der Waals surface area contributed by atoms with E-state index < -0.39 is 5.91 Å². The zero-order chi connectivity index (χ0) is 19.3. The number of hydrogen-bond acceptors (Lipinski definition) is 6. The number of nitrogens with two attached hydrogens (primary N) is 2. The zero-order valence-corrected chi connectivity index (χ0v) is 16.6. The van der Waals surface area contributed by atoms with Crippen LogP contribution >= 0.6 is 11.3 Å². The predicted molar refractivity (Wildman–Crippen MR) is 113 cm³/mol. The van der Waals surface area contributed by atoms with Crippen molar-refractivity contribution in [3.8, 4) is 0 Å². The Morgan fingerprint density at radius 3 is 2.82 bits per heavy atom. The van der Waals surface area contributed by atoms with Crippen molar-refractivity contribution in [1.82, 2.24) is 9.91 Å². The van der Waals surface area contributed by atoms with Gasteiger partial charge in [0.05, 0.1) is 22.5 Å². The first-order chi connectivity index (χ1) is 13.6. The molecule has 2 aromatic rings. The minimum atomic E-state index is -0.405. The molecule has 2 aliphatic heterocycles. The molecule has 0 bridgehead atoms. The second-order valence-corrected chi connectivity index (χ2v) is 9.06. The van der Waals surface area contributed by atoms with E-state index in [4.69, 9.17) is 16.6 Å². The SMILES string of the molecule is NC(=O)c1c(N)sc2c1CCC1=NN(C3CCN(Cc4ccccc4)C3)CC12. The van der Waals surface area contributed by atoms with Gasteiger partial charge in [0.15, 0.2) is 0 Å². The number of nitrogens with zero attached hydrogens (tertiary/aromatic N) is 3. The van der Waals surface area contributed by atoms with Gasteiger partial charge < -0.3 is 11.5 Å². The van der Waals surface area contributed by atoms with Crippen LogP contribution in [0.1, 0.15) is 45.1 Å². The van der Waals surface area contributed by atoms with Crippen LogP contribution in [0, 0.1) is 0 Å². The Kier molecular flexibility index (Phi) is 4.36. The van der Waals surface area contributed by atoms with Gasteiger partial charge in [0.2, 0.25) is 0 Å². The molecule has 1 saturated heterocycles. The molecule has 6 nitrogen and oxygen atoms in total. The first-order valence-corrected chi connectivity index (χ1v) is 10.7. The summed E-state index contributed by atoms with van der Waals surface area (Å²) in [5.74, 6) is -0.134. The number of carbonyl (C=O) groups excluding carboxylic acids is 1. The third-order valence-electron chi connectivity index (χ3n) is 6.21. The summed E-state index contributed by atoms with van der Waals surface area (Å²) in [6, 6.07) is 11.1. The number of benzene rings is 1. The number of thiophene rings is 1. The number of amides is 1. The fourth-order valence-electron chi connectivity index (χ4n) is 4.85. The molecule has 3 aliphatic rings. The van der Waals surface area contributed by atoms with E-state index in [9.17, 15) is 4.79 Å². The maximum absolute atomic E-state index is 11.8. The Bertz CT molecular complexity index is 938. The number of hydrazone groups is 1. The molecule has 0 radical (unpaired) electrons. The van der Waals surface area contributed by atoms with E-state index in [0.717, 1.165) is 51.0 Å². The molecule has 28 heavy (non-hydrogen) atoms. The van der Waals surface area contributed by atoms with Gasteiger partial charge in [0, 0.05) is 36.8 Å². The second-order valence-electron chi connectivity index (χ2n) is 7.98. The monoisotopic (exact) mass is 395 g/mol. The molecule has 1 aromatic heterocycles. The van der Waals surface area contributed by atoms with Crippen molar-refractivity contribution in [2.75, 3.05) is 25.4 Å². The molecule has 0 saturated carbocycles. The van der Waals surface area contributed by atoms with Gasteiger partial charge in [0.25, 0.3) is 5.91 Å². The highest BCUT2D eigenvalue weighted by molar-refractivity contribution is 7.16. The molecule has 1 fully saturated rings. The highest BCUT2D eigenvalue weighted by Gasteiger charge is 2.40. The third kappa shape index (κ3) is 2.99. The van der Waals surface area contributed by atoms with Crippen LogP contribution in [0.15, 0.2) is 35.4 Å². The fraction of sp³-hybridized carbons (Fsp3) is 0.429. The summed E-state index contributed by atoms with van der Waals surface area (Å²) in [6.45, 7) is 4.04. The zero-order valence-electron chi connectivity index (χ0n) is 15.8. The quantitative estimate of drug-likeness (QED) is 0.832. The van der Waals surface area contributed by atoms with Crippen molar-refractivity contribution >= 4 is 28.0 Å². The number of anilines is 1. The average Bonchev–Trinajstić information content (AvgIpc) is 3.37. The van der Waals surface area contributed by atoms with Crippen LogP contribution in [-0.4, -0.2) is 47.2 Å². The molecule has 146 valence electrons. The van der Waals surface area contributed by atoms with Crippen LogP contribution in [0.4, 0.5) is 5.00 Å². The third-order valence-corrected chi connectivity index (χ3v) is 7.38. The number of primary amides is 1. The largest absolute Gasteiger partial charge is 0.390 e. The minimum Gasteiger partial charge on any atom is -0.390 e.